The first-order valence-corrected chi connectivity index (χ1v) is 9.59. The number of benzene rings is 2. The molecule has 1 aliphatic carbocycles. The number of aromatic hydroxyl groups is 1. The molecule has 1 aromatic heterocycles. The molecule has 5 nitrogen and oxygen atoms in total. The summed E-state index contributed by atoms with van der Waals surface area (Å²) >= 11 is 5.98. The number of hydrogen-bond donors (Lipinski definition) is 4. The summed E-state index contributed by atoms with van der Waals surface area (Å²) in [6, 6.07) is 8.61. The summed E-state index contributed by atoms with van der Waals surface area (Å²) in [4.78, 5) is 14.2. The number of aromatic nitrogens is 1. The molecule has 30 heavy (non-hydrogen) atoms. The van der Waals surface area contributed by atoms with E-state index < -0.39 is 30.2 Å². The molecule has 4 N–H and O–H groups in total. The minimum Gasteiger partial charge on any atom is -0.506 e. The number of fused-ring (bicyclic) bond motifs is 2. The van der Waals surface area contributed by atoms with Crippen LogP contribution in [0.3, 0.4) is 0 Å². The number of phenolic OH excluding ortho intramolecular Hbond substituents is 1. The fourth-order valence-electron chi connectivity index (χ4n) is 4.26. The van der Waals surface area contributed by atoms with E-state index in [1.165, 1.54) is 31.2 Å². The SMILES string of the molecule is C[C@@H]1C[C@](O)(C(F)(F)F)[C@@H](Nc2cccc3[nH]c(=O)ccc23)c2ccc(Cl)c(O)c21. The van der Waals surface area contributed by atoms with E-state index in [-0.39, 0.29) is 27.5 Å². The van der Waals surface area contributed by atoms with Crippen LogP contribution >= 0.6 is 11.6 Å². The van der Waals surface area contributed by atoms with Gasteiger partial charge >= 0.3 is 6.18 Å². The number of pyridine rings is 1. The Morgan fingerprint density at radius 3 is 2.63 bits per heavy atom. The maximum atomic E-state index is 14.1. The van der Waals surface area contributed by atoms with Crippen molar-refractivity contribution in [3.05, 3.63) is 69.0 Å². The lowest BCUT2D eigenvalue weighted by atomic mass is 9.70. The van der Waals surface area contributed by atoms with Crippen molar-refractivity contribution in [3.63, 3.8) is 0 Å². The summed E-state index contributed by atoms with van der Waals surface area (Å²) in [6.07, 6.45) is -5.60. The average Bonchev–Trinajstić information content (AvgIpc) is 2.66. The van der Waals surface area contributed by atoms with Crippen molar-refractivity contribution in [1.82, 2.24) is 4.98 Å². The zero-order chi connectivity index (χ0) is 21.8. The van der Waals surface area contributed by atoms with Gasteiger partial charge in [0, 0.05) is 22.7 Å². The number of aromatic amines is 1. The molecule has 0 radical (unpaired) electrons. The highest BCUT2D eigenvalue weighted by Crippen LogP contribution is 2.55. The third-order valence-corrected chi connectivity index (χ3v) is 5.96. The molecule has 0 saturated heterocycles. The summed E-state index contributed by atoms with van der Waals surface area (Å²) in [5.41, 5.74) is -2.33. The van der Waals surface area contributed by atoms with Gasteiger partial charge in [0.2, 0.25) is 5.56 Å². The molecule has 0 bridgehead atoms. The molecule has 0 fully saturated rings. The second-order valence-corrected chi connectivity index (χ2v) is 8.00. The largest absolute Gasteiger partial charge is 0.506 e. The quantitative estimate of drug-likeness (QED) is 0.461. The van der Waals surface area contributed by atoms with E-state index in [1.807, 2.05) is 0 Å². The second-order valence-electron chi connectivity index (χ2n) is 7.59. The Labute approximate surface area is 174 Å². The lowest BCUT2D eigenvalue weighted by Crippen LogP contribution is -2.55. The fraction of sp³-hybridized carbons (Fsp3) is 0.286. The highest BCUT2D eigenvalue weighted by molar-refractivity contribution is 6.32. The van der Waals surface area contributed by atoms with Crippen molar-refractivity contribution in [3.8, 4) is 5.75 Å². The summed E-state index contributed by atoms with van der Waals surface area (Å²) in [7, 11) is 0. The van der Waals surface area contributed by atoms with Gasteiger partial charge in [-0.05, 0) is 42.2 Å². The summed E-state index contributed by atoms with van der Waals surface area (Å²) < 4.78 is 42.2. The number of phenols is 1. The van der Waals surface area contributed by atoms with Crippen LogP contribution in [0, 0.1) is 0 Å². The predicted octanol–water partition coefficient (Wildman–Crippen LogP) is 4.84. The van der Waals surface area contributed by atoms with Crippen molar-refractivity contribution in [2.75, 3.05) is 5.32 Å². The van der Waals surface area contributed by atoms with Crippen molar-refractivity contribution in [2.45, 2.75) is 37.1 Å². The summed E-state index contributed by atoms with van der Waals surface area (Å²) in [6.45, 7) is 1.50. The lowest BCUT2D eigenvalue weighted by molar-refractivity contribution is -0.272. The molecule has 3 aromatic rings. The third kappa shape index (κ3) is 3.11. The molecule has 0 aliphatic heterocycles. The number of H-pyrrole nitrogens is 1. The van der Waals surface area contributed by atoms with Crippen LogP contribution in [-0.2, 0) is 0 Å². The maximum absolute atomic E-state index is 14.1. The van der Waals surface area contributed by atoms with Crippen LogP contribution in [0.15, 0.2) is 47.3 Å². The molecule has 0 spiro atoms. The molecule has 3 atom stereocenters. The normalized spacial score (nSPS) is 23.9. The maximum Gasteiger partial charge on any atom is 0.419 e. The van der Waals surface area contributed by atoms with E-state index in [1.54, 1.807) is 18.2 Å². The standard InChI is InChI=1S/C21H18ClF3N2O3/c1-10-9-20(30,21(23,24)25)19(12-5-7-13(22)18(29)17(10)12)27-15-4-2-3-14-11(15)6-8-16(28)26-14/h2-8,10,19,27,29-30H,9H2,1H3,(H,26,28)/t10-,19+,20-/m1/s1. The molecule has 4 rings (SSSR count). The van der Waals surface area contributed by atoms with Gasteiger partial charge in [0.1, 0.15) is 5.75 Å². The van der Waals surface area contributed by atoms with Crippen LogP contribution in [0.25, 0.3) is 10.9 Å². The minimum absolute atomic E-state index is 0.0273. The van der Waals surface area contributed by atoms with Crippen LogP contribution in [-0.4, -0.2) is 27.0 Å². The first kappa shape index (κ1) is 20.6. The van der Waals surface area contributed by atoms with Gasteiger partial charge in [-0.2, -0.15) is 13.2 Å². The molecule has 2 aromatic carbocycles. The molecule has 9 heteroatoms. The smallest absolute Gasteiger partial charge is 0.419 e. The van der Waals surface area contributed by atoms with Crippen LogP contribution in [0.4, 0.5) is 18.9 Å². The first-order valence-electron chi connectivity index (χ1n) is 9.22. The molecular weight excluding hydrogens is 421 g/mol. The zero-order valence-corrected chi connectivity index (χ0v) is 16.5. The topological polar surface area (TPSA) is 85.4 Å². The first-order chi connectivity index (χ1) is 14.0. The minimum atomic E-state index is -4.94. The van der Waals surface area contributed by atoms with Crippen LogP contribution in [0.2, 0.25) is 5.02 Å². The molecule has 1 heterocycles. The Morgan fingerprint density at radius 1 is 1.20 bits per heavy atom. The number of anilines is 1. The number of halogens is 4. The Hall–Kier alpha value is -2.71. The Kier molecular flexibility index (Phi) is 4.74. The number of nitrogens with one attached hydrogen (secondary N) is 2. The van der Waals surface area contributed by atoms with E-state index >= 15 is 0 Å². The van der Waals surface area contributed by atoms with Gasteiger partial charge in [0.05, 0.1) is 16.6 Å². The van der Waals surface area contributed by atoms with Crippen molar-refractivity contribution in [1.29, 1.82) is 0 Å². The molecule has 0 saturated carbocycles. The van der Waals surface area contributed by atoms with Crippen LogP contribution < -0.4 is 10.9 Å². The van der Waals surface area contributed by atoms with Crippen molar-refractivity contribution in [2.24, 2.45) is 0 Å². The van der Waals surface area contributed by atoms with Crippen LogP contribution in [0.1, 0.15) is 36.4 Å². The predicted molar refractivity (Wildman–Crippen MR) is 108 cm³/mol. The van der Waals surface area contributed by atoms with Gasteiger partial charge in [-0.15, -0.1) is 0 Å². The molecule has 0 unspecified atom stereocenters. The van der Waals surface area contributed by atoms with E-state index in [4.69, 9.17) is 11.6 Å². The second kappa shape index (κ2) is 6.92. The Morgan fingerprint density at radius 2 is 1.93 bits per heavy atom. The van der Waals surface area contributed by atoms with Gasteiger partial charge in [-0.1, -0.05) is 30.7 Å². The van der Waals surface area contributed by atoms with Gasteiger partial charge in [0.25, 0.3) is 0 Å². The van der Waals surface area contributed by atoms with Crippen molar-refractivity contribution >= 4 is 28.2 Å². The lowest BCUT2D eigenvalue weighted by Gasteiger charge is -2.45. The van der Waals surface area contributed by atoms with E-state index in [9.17, 15) is 28.2 Å². The summed E-state index contributed by atoms with van der Waals surface area (Å²) in [5, 5.41) is 24.6. The van der Waals surface area contributed by atoms with Gasteiger partial charge < -0.3 is 20.5 Å². The highest BCUT2D eigenvalue weighted by Gasteiger charge is 2.62. The fourth-order valence-corrected chi connectivity index (χ4v) is 4.42. The van der Waals surface area contributed by atoms with Gasteiger partial charge in [-0.25, -0.2) is 0 Å². The van der Waals surface area contributed by atoms with E-state index in [0.717, 1.165) is 0 Å². The number of aliphatic hydroxyl groups is 1. The number of alkyl halides is 3. The number of rotatable bonds is 2. The van der Waals surface area contributed by atoms with Crippen LogP contribution in [0.5, 0.6) is 5.75 Å². The molecule has 158 valence electrons. The molecular formula is C21H18ClF3N2O3. The average molecular weight is 439 g/mol. The number of hydrogen-bond acceptors (Lipinski definition) is 4. The van der Waals surface area contributed by atoms with Crippen molar-refractivity contribution < 1.29 is 23.4 Å². The van der Waals surface area contributed by atoms with Gasteiger partial charge in [0.15, 0.2) is 5.60 Å². The zero-order valence-electron chi connectivity index (χ0n) is 15.7. The van der Waals surface area contributed by atoms with E-state index in [0.29, 0.717) is 16.6 Å². The molecule has 0 amide bonds. The summed E-state index contributed by atoms with van der Waals surface area (Å²) in [5.74, 6) is -1.08. The van der Waals surface area contributed by atoms with Gasteiger partial charge in [-0.3, -0.25) is 4.79 Å². The Bertz CT molecular complexity index is 1190. The monoisotopic (exact) mass is 438 g/mol. The highest BCUT2D eigenvalue weighted by atomic mass is 35.5. The Balaban J connectivity index is 1.93. The third-order valence-electron chi connectivity index (χ3n) is 5.66. The molecule has 1 aliphatic rings. The van der Waals surface area contributed by atoms with E-state index in [2.05, 4.69) is 10.3 Å².